The molecule has 21 heavy (non-hydrogen) atoms. The largest absolute Gasteiger partial charge is 0.307 e. The standard InChI is InChI=1S/C17H12FNO2/c18-14-7-5-13(6-8-14)17(21)19-10-9-12-3-1-2-4-15(12)16(20)11-19/h1-10H,11H2. The number of rotatable bonds is 1. The molecule has 3 rings (SSSR count). The maximum Gasteiger partial charge on any atom is 0.258 e. The molecular formula is C17H12FNO2. The molecule has 0 radical (unpaired) electrons. The number of nitrogens with zero attached hydrogens (tertiary/aromatic N) is 1. The summed E-state index contributed by atoms with van der Waals surface area (Å²) in [6.07, 6.45) is 3.33. The van der Waals surface area contributed by atoms with Crippen LogP contribution >= 0.6 is 0 Å². The van der Waals surface area contributed by atoms with Crippen LogP contribution in [0.2, 0.25) is 0 Å². The highest BCUT2D eigenvalue weighted by Gasteiger charge is 2.21. The zero-order chi connectivity index (χ0) is 14.8. The summed E-state index contributed by atoms with van der Waals surface area (Å²) >= 11 is 0. The molecule has 1 amide bonds. The first-order valence-electron chi connectivity index (χ1n) is 6.52. The topological polar surface area (TPSA) is 37.4 Å². The molecule has 0 N–H and O–H groups in total. The summed E-state index contributed by atoms with van der Waals surface area (Å²) in [7, 11) is 0. The molecule has 0 spiro atoms. The average Bonchev–Trinajstić information content (AvgIpc) is 2.67. The number of amides is 1. The zero-order valence-corrected chi connectivity index (χ0v) is 11.1. The van der Waals surface area contributed by atoms with E-state index in [1.807, 2.05) is 12.1 Å². The predicted octanol–water partition coefficient (Wildman–Crippen LogP) is 3.14. The highest BCUT2D eigenvalue weighted by Crippen LogP contribution is 2.18. The van der Waals surface area contributed by atoms with E-state index in [0.717, 1.165) is 5.56 Å². The first kappa shape index (κ1) is 13.2. The lowest BCUT2D eigenvalue weighted by Gasteiger charge is -2.16. The van der Waals surface area contributed by atoms with Gasteiger partial charge in [-0.1, -0.05) is 24.3 Å². The molecule has 0 aliphatic carbocycles. The van der Waals surface area contributed by atoms with Crippen LogP contribution in [-0.4, -0.2) is 23.1 Å². The van der Waals surface area contributed by atoms with E-state index in [0.29, 0.717) is 11.1 Å². The summed E-state index contributed by atoms with van der Waals surface area (Å²) < 4.78 is 12.9. The summed E-state index contributed by atoms with van der Waals surface area (Å²) in [5, 5.41) is 0. The first-order valence-corrected chi connectivity index (χ1v) is 6.52. The monoisotopic (exact) mass is 281 g/mol. The number of hydrogen-bond acceptors (Lipinski definition) is 2. The molecule has 104 valence electrons. The minimum atomic E-state index is -0.401. The van der Waals surface area contributed by atoms with Gasteiger partial charge in [-0.25, -0.2) is 4.39 Å². The van der Waals surface area contributed by atoms with Crippen molar-refractivity contribution in [1.82, 2.24) is 4.90 Å². The summed E-state index contributed by atoms with van der Waals surface area (Å²) in [6, 6.07) is 12.5. The summed E-state index contributed by atoms with van der Waals surface area (Å²) in [5.74, 6) is -0.847. The Bertz CT molecular complexity index is 735. The van der Waals surface area contributed by atoms with Crippen molar-refractivity contribution in [1.29, 1.82) is 0 Å². The minimum Gasteiger partial charge on any atom is -0.307 e. The van der Waals surface area contributed by atoms with Crippen LogP contribution in [0.5, 0.6) is 0 Å². The molecule has 0 unspecified atom stereocenters. The SMILES string of the molecule is O=C1CN(C(=O)c2ccc(F)cc2)C=Cc2ccccc21. The van der Waals surface area contributed by atoms with Crippen molar-refractivity contribution in [3.8, 4) is 0 Å². The number of hydrogen-bond donors (Lipinski definition) is 0. The quantitative estimate of drug-likeness (QED) is 0.805. The molecule has 0 aromatic heterocycles. The molecule has 0 saturated carbocycles. The van der Waals surface area contributed by atoms with Crippen molar-refractivity contribution < 1.29 is 14.0 Å². The number of ketones is 1. The van der Waals surface area contributed by atoms with E-state index in [1.54, 1.807) is 24.4 Å². The van der Waals surface area contributed by atoms with Crippen molar-refractivity contribution in [2.75, 3.05) is 6.54 Å². The van der Waals surface area contributed by atoms with Crippen molar-refractivity contribution in [2.24, 2.45) is 0 Å². The van der Waals surface area contributed by atoms with Crippen molar-refractivity contribution in [2.45, 2.75) is 0 Å². The lowest BCUT2D eigenvalue weighted by atomic mass is 10.0. The number of Topliss-reactive ketones (excluding diaryl/α,β-unsaturated/α-hetero) is 1. The van der Waals surface area contributed by atoms with Crippen LogP contribution in [0.4, 0.5) is 4.39 Å². The summed E-state index contributed by atoms with van der Waals surface area (Å²) in [5.41, 5.74) is 1.74. The lowest BCUT2D eigenvalue weighted by Crippen LogP contribution is -2.30. The Balaban J connectivity index is 1.90. The number of benzene rings is 2. The van der Waals surface area contributed by atoms with Crippen LogP contribution in [0, 0.1) is 5.82 Å². The van der Waals surface area contributed by atoms with Crippen LogP contribution in [0.15, 0.2) is 54.7 Å². The van der Waals surface area contributed by atoms with Gasteiger partial charge in [0.2, 0.25) is 0 Å². The van der Waals surface area contributed by atoms with Gasteiger partial charge in [-0.05, 0) is 35.9 Å². The Kier molecular flexibility index (Phi) is 3.36. The smallest absolute Gasteiger partial charge is 0.258 e. The van der Waals surface area contributed by atoms with E-state index in [9.17, 15) is 14.0 Å². The molecule has 1 aliphatic rings. The van der Waals surface area contributed by atoms with Gasteiger partial charge in [-0.3, -0.25) is 9.59 Å². The van der Waals surface area contributed by atoms with Gasteiger partial charge >= 0.3 is 0 Å². The van der Waals surface area contributed by atoms with Gasteiger partial charge in [0.25, 0.3) is 5.91 Å². The van der Waals surface area contributed by atoms with E-state index in [4.69, 9.17) is 0 Å². The number of carbonyl (C=O) groups excluding carboxylic acids is 2. The van der Waals surface area contributed by atoms with Crippen LogP contribution in [0.1, 0.15) is 26.3 Å². The third-order valence-electron chi connectivity index (χ3n) is 3.36. The van der Waals surface area contributed by atoms with Crippen LogP contribution in [-0.2, 0) is 0 Å². The second-order valence-electron chi connectivity index (χ2n) is 4.77. The van der Waals surface area contributed by atoms with Gasteiger partial charge in [0.1, 0.15) is 5.82 Å². The second kappa shape index (κ2) is 5.32. The Hall–Kier alpha value is -2.75. The first-order chi connectivity index (χ1) is 10.1. The number of halogens is 1. The zero-order valence-electron chi connectivity index (χ0n) is 11.1. The molecular weight excluding hydrogens is 269 g/mol. The predicted molar refractivity (Wildman–Crippen MR) is 77.2 cm³/mol. The van der Waals surface area contributed by atoms with Gasteiger partial charge < -0.3 is 4.90 Å². The molecule has 0 fully saturated rings. The molecule has 3 nitrogen and oxygen atoms in total. The third-order valence-corrected chi connectivity index (χ3v) is 3.36. The lowest BCUT2D eigenvalue weighted by molar-refractivity contribution is 0.0776. The van der Waals surface area contributed by atoms with Gasteiger partial charge in [-0.2, -0.15) is 0 Å². The molecule has 0 bridgehead atoms. The summed E-state index contributed by atoms with van der Waals surface area (Å²) in [6.45, 7) is -0.0241. The minimum absolute atomic E-state index is 0.0241. The van der Waals surface area contributed by atoms with E-state index >= 15 is 0 Å². The maximum absolute atomic E-state index is 12.9. The molecule has 2 aromatic carbocycles. The Morgan fingerprint density at radius 1 is 1.05 bits per heavy atom. The van der Waals surface area contributed by atoms with Crippen LogP contribution < -0.4 is 0 Å². The van der Waals surface area contributed by atoms with E-state index in [2.05, 4.69) is 0 Å². The van der Waals surface area contributed by atoms with Gasteiger partial charge in [0.05, 0.1) is 6.54 Å². The van der Waals surface area contributed by atoms with E-state index < -0.39 is 5.82 Å². The van der Waals surface area contributed by atoms with Crippen LogP contribution in [0.3, 0.4) is 0 Å². The highest BCUT2D eigenvalue weighted by atomic mass is 19.1. The molecule has 1 aliphatic heterocycles. The van der Waals surface area contributed by atoms with E-state index in [1.165, 1.54) is 29.2 Å². The number of fused-ring (bicyclic) bond motifs is 1. The maximum atomic E-state index is 12.9. The van der Waals surface area contributed by atoms with Gasteiger partial charge in [0.15, 0.2) is 5.78 Å². The fraction of sp³-hybridized carbons (Fsp3) is 0.0588. The fourth-order valence-electron chi connectivity index (χ4n) is 2.26. The molecule has 0 saturated heterocycles. The second-order valence-corrected chi connectivity index (χ2v) is 4.77. The summed E-state index contributed by atoms with van der Waals surface area (Å²) in [4.78, 5) is 25.9. The highest BCUT2D eigenvalue weighted by molar-refractivity contribution is 6.05. The molecule has 4 heteroatoms. The Labute approximate surface area is 121 Å². The molecule has 0 atom stereocenters. The van der Waals surface area contributed by atoms with Crippen molar-refractivity contribution in [3.63, 3.8) is 0 Å². The third kappa shape index (κ3) is 2.60. The Morgan fingerprint density at radius 2 is 1.76 bits per heavy atom. The van der Waals surface area contributed by atoms with Crippen molar-refractivity contribution in [3.05, 3.63) is 77.2 Å². The molecule has 1 heterocycles. The Morgan fingerprint density at radius 3 is 2.52 bits per heavy atom. The molecule has 2 aromatic rings. The van der Waals surface area contributed by atoms with Gasteiger partial charge in [-0.15, -0.1) is 0 Å². The average molecular weight is 281 g/mol. The fourth-order valence-corrected chi connectivity index (χ4v) is 2.26. The van der Waals surface area contributed by atoms with Crippen LogP contribution in [0.25, 0.3) is 6.08 Å². The van der Waals surface area contributed by atoms with Gasteiger partial charge in [0, 0.05) is 17.3 Å². The normalized spacial score (nSPS) is 13.8. The number of carbonyl (C=O) groups is 2. The van der Waals surface area contributed by atoms with E-state index in [-0.39, 0.29) is 18.2 Å². The van der Waals surface area contributed by atoms with Crippen molar-refractivity contribution >= 4 is 17.8 Å².